The van der Waals surface area contributed by atoms with Crippen molar-refractivity contribution in [2.45, 2.75) is 45.3 Å². The second kappa shape index (κ2) is 4.13. The van der Waals surface area contributed by atoms with E-state index in [1.165, 1.54) is 0 Å². The Morgan fingerprint density at radius 1 is 1.43 bits per heavy atom. The van der Waals surface area contributed by atoms with Crippen molar-refractivity contribution in [3.63, 3.8) is 0 Å². The Morgan fingerprint density at radius 2 is 2.29 bits per heavy atom. The molecule has 0 saturated heterocycles. The van der Waals surface area contributed by atoms with Crippen LogP contribution >= 0.6 is 0 Å². The molecule has 1 heterocycles. The van der Waals surface area contributed by atoms with Crippen LogP contribution in [0, 0.1) is 0 Å². The minimum absolute atomic E-state index is 0.129. The van der Waals surface area contributed by atoms with Gasteiger partial charge in [0, 0.05) is 24.3 Å². The fourth-order valence-electron chi connectivity index (χ4n) is 2.21. The number of ketones is 1. The molecule has 0 aromatic carbocycles. The number of hydrogen-bond acceptors (Lipinski definition) is 3. The highest BCUT2D eigenvalue weighted by Crippen LogP contribution is 2.28. The van der Waals surface area contributed by atoms with Gasteiger partial charge in [-0.15, -0.1) is 0 Å². The van der Waals surface area contributed by atoms with Crippen molar-refractivity contribution in [1.82, 2.24) is 5.32 Å². The van der Waals surface area contributed by atoms with Crippen molar-refractivity contribution >= 4 is 5.78 Å². The Morgan fingerprint density at radius 3 is 3.07 bits per heavy atom. The average Bonchev–Trinajstić information content (AvgIpc) is 2.18. The van der Waals surface area contributed by atoms with Gasteiger partial charge in [0.1, 0.15) is 6.23 Å². The first-order chi connectivity index (χ1) is 6.81. The lowest BCUT2D eigenvalue weighted by Crippen LogP contribution is -2.38. The van der Waals surface area contributed by atoms with E-state index in [9.17, 15) is 4.79 Å². The molecular formula is C11H17NO2. The van der Waals surface area contributed by atoms with Crippen LogP contribution in [0.5, 0.6) is 0 Å². The van der Waals surface area contributed by atoms with Crippen LogP contribution in [0.25, 0.3) is 0 Å². The zero-order chi connectivity index (χ0) is 9.97. The van der Waals surface area contributed by atoms with Crippen LogP contribution in [0.1, 0.15) is 39.0 Å². The molecule has 2 aliphatic rings. The summed E-state index contributed by atoms with van der Waals surface area (Å²) in [5, 5.41) is 3.32. The van der Waals surface area contributed by atoms with E-state index < -0.39 is 0 Å². The summed E-state index contributed by atoms with van der Waals surface area (Å²) in [6.07, 6.45) is 4.70. The van der Waals surface area contributed by atoms with Crippen molar-refractivity contribution in [2.75, 3.05) is 6.61 Å². The number of Topliss-reactive ketones (excluding diaryl/α,β-unsaturated/α-hetero) is 1. The maximum atomic E-state index is 11.6. The summed E-state index contributed by atoms with van der Waals surface area (Å²) in [4.78, 5) is 11.6. The molecule has 1 aliphatic heterocycles. The predicted molar refractivity (Wildman–Crippen MR) is 53.7 cm³/mol. The third kappa shape index (κ3) is 1.82. The van der Waals surface area contributed by atoms with Crippen LogP contribution in [-0.2, 0) is 9.53 Å². The quantitative estimate of drug-likeness (QED) is 0.729. The van der Waals surface area contributed by atoms with Gasteiger partial charge in [-0.25, -0.2) is 0 Å². The highest BCUT2D eigenvalue weighted by molar-refractivity contribution is 5.96. The molecule has 0 spiro atoms. The van der Waals surface area contributed by atoms with Gasteiger partial charge in [0.25, 0.3) is 0 Å². The van der Waals surface area contributed by atoms with E-state index in [2.05, 4.69) is 5.32 Å². The smallest absolute Gasteiger partial charge is 0.160 e. The van der Waals surface area contributed by atoms with Gasteiger partial charge < -0.3 is 10.1 Å². The lowest BCUT2D eigenvalue weighted by molar-refractivity contribution is -0.116. The van der Waals surface area contributed by atoms with E-state index >= 15 is 0 Å². The molecule has 3 nitrogen and oxygen atoms in total. The molecule has 1 N–H and O–H groups in total. The van der Waals surface area contributed by atoms with Crippen LogP contribution in [0.3, 0.4) is 0 Å². The fraction of sp³-hybridized carbons (Fsp3) is 0.727. The monoisotopic (exact) mass is 195 g/mol. The molecule has 1 aliphatic carbocycles. The van der Waals surface area contributed by atoms with Crippen LogP contribution in [-0.4, -0.2) is 18.6 Å². The Balaban J connectivity index is 2.07. The standard InChI is InChI=1S/C11H17NO2/c1-2-14-11-7-6-8-9(12-11)4-3-5-10(8)13/h11-12H,2-7H2,1H3. The predicted octanol–water partition coefficient (Wildman–Crippen LogP) is 1.74. The van der Waals surface area contributed by atoms with E-state index in [4.69, 9.17) is 4.74 Å². The normalized spacial score (nSPS) is 27.2. The molecule has 1 unspecified atom stereocenters. The zero-order valence-corrected chi connectivity index (χ0v) is 8.64. The molecule has 0 radical (unpaired) electrons. The van der Waals surface area contributed by atoms with Crippen molar-refractivity contribution in [3.05, 3.63) is 11.3 Å². The van der Waals surface area contributed by atoms with Crippen molar-refractivity contribution < 1.29 is 9.53 Å². The number of hydrogen-bond donors (Lipinski definition) is 1. The highest BCUT2D eigenvalue weighted by Gasteiger charge is 2.26. The molecule has 0 aromatic heterocycles. The number of carbonyl (C=O) groups excluding carboxylic acids is 1. The van der Waals surface area contributed by atoms with Crippen molar-refractivity contribution in [2.24, 2.45) is 0 Å². The van der Waals surface area contributed by atoms with Gasteiger partial charge in [0.15, 0.2) is 5.78 Å². The van der Waals surface area contributed by atoms with E-state index in [1.54, 1.807) is 0 Å². The number of carbonyl (C=O) groups is 1. The number of ether oxygens (including phenoxy) is 1. The van der Waals surface area contributed by atoms with E-state index in [-0.39, 0.29) is 6.23 Å². The first-order valence-corrected chi connectivity index (χ1v) is 5.44. The van der Waals surface area contributed by atoms with E-state index in [0.717, 1.165) is 50.0 Å². The molecule has 2 rings (SSSR count). The molecule has 0 bridgehead atoms. The minimum atomic E-state index is 0.129. The molecule has 0 amide bonds. The summed E-state index contributed by atoms with van der Waals surface area (Å²) < 4.78 is 5.51. The lowest BCUT2D eigenvalue weighted by Gasteiger charge is -2.31. The van der Waals surface area contributed by atoms with Gasteiger partial charge in [0.2, 0.25) is 0 Å². The third-order valence-corrected chi connectivity index (χ3v) is 2.89. The maximum absolute atomic E-state index is 11.6. The summed E-state index contributed by atoms with van der Waals surface area (Å²) in [7, 11) is 0. The summed E-state index contributed by atoms with van der Waals surface area (Å²) in [6, 6.07) is 0. The first kappa shape index (κ1) is 9.71. The number of allylic oxidation sites excluding steroid dienone is 2. The van der Waals surface area contributed by atoms with Crippen molar-refractivity contribution in [1.29, 1.82) is 0 Å². The van der Waals surface area contributed by atoms with Gasteiger partial charge in [-0.05, 0) is 32.6 Å². The fourth-order valence-corrected chi connectivity index (χ4v) is 2.21. The Labute approximate surface area is 84.5 Å². The van der Waals surface area contributed by atoms with Crippen LogP contribution in [0.4, 0.5) is 0 Å². The van der Waals surface area contributed by atoms with Gasteiger partial charge in [0.05, 0.1) is 0 Å². The summed E-state index contributed by atoms with van der Waals surface area (Å²) in [6.45, 7) is 2.73. The van der Waals surface area contributed by atoms with Gasteiger partial charge in [-0.3, -0.25) is 4.79 Å². The summed E-state index contributed by atoms with van der Waals surface area (Å²) >= 11 is 0. The van der Waals surface area contributed by atoms with Gasteiger partial charge >= 0.3 is 0 Å². The topological polar surface area (TPSA) is 38.3 Å². The molecule has 0 aromatic rings. The zero-order valence-electron chi connectivity index (χ0n) is 8.64. The largest absolute Gasteiger partial charge is 0.363 e. The van der Waals surface area contributed by atoms with Crippen LogP contribution < -0.4 is 5.32 Å². The van der Waals surface area contributed by atoms with Crippen molar-refractivity contribution in [3.8, 4) is 0 Å². The number of rotatable bonds is 2. The molecular weight excluding hydrogens is 178 g/mol. The lowest BCUT2D eigenvalue weighted by atomic mass is 9.89. The summed E-state index contributed by atoms with van der Waals surface area (Å²) in [5.41, 5.74) is 2.18. The van der Waals surface area contributed by atoms with Crippen LogP contribution in [0.15, 0.2) is 11.3 Å². The maximum Gasteiger partial charge on any atom is 0.160 e. The molecule has 3 heteroatoms. The van der Waals surface area contributed by atoms with E-state index in [0.29, 0.717) is 5.78 Å². The SMILES string of the molecule is CCOC1CCC2=C(CCCC2=O)N1. The Bertz CT molecular complexity index is 270. The highest BCUT2D eigenvalue weighted by atomic mass is 16.5. The molecule has 78 valence electrons. The second-order valence-electron chi connectivity index (χ2n) is 3.86. The molecule has 14 heavy (non-hydrogen) atoms. The second-order valence-corrected chi connectivity index (χ2v) is 3.86. The summed E-state index contributed by atoms with van der Waals surface area (Å²) in [5.74, 6) is 0.341. The minimum Gasteiger partial charge on any atom is -0.363 e. The van der Waals surface area contributed by atoms with E-state index in [1.807, 2.05) is 6.92 Å². The average molecular weight is 195 g/mol. The first-order valence-electron chi connectivity index (χ1n) is 5.44. The van der Waals surface area contributed by atoms with Gasteiger partial charge in [-0.2, -0.15) is 0 Å². The molecule has 1 atom stereocenters. The Kier molecular flexibility index (Phi) is 2.87. The molecule has 0 fully saturated rings. The third-order valence-electron chi connectivity index (χ3n) is 2.89. The number of nitrogens with one attached hydrogen (secondary N) is 1. The van der Waals surface area contributed by atoms with Crippen LogP contribution in [0.2, 0.25) is 0 Å². The van der Waals surface area contributed by atoms with Gasteiger partial charge in [-0.1, -0.05) is 0 Å². The Hall–Kier alpha value is -0.830. The molecule has 0 saturated carbocycles.